The molecule has 0 aromatic heterocycles. The van der Waals surface area contributed by atoms with Crippen LogP contribution in [0.3, 0.4) is 0 Å². The fourth-order valence-electron chi connectivity index (χ4n) is 4.35. The van der Waals surface area contributed by atoms with Crippen LogP contribution in [-0.4, -0.2) is 24.6 Å². The Morgan fingerprint density at radius 2 is 0.654 bits per heavy atom. The van der Waals surface area contributed by atoms with Gasteiger partial charge in [0, 0.05) is 0 Å². The van der Waals surface area contributed by atoms with E-state index in [1.807, 2.05) is 0 Å². The average molecular weight is 452 g/mol. The topological polar surface area (TPSA) is 0 Å². The van der Waals surface area contributed by atoms with E-state index in [9.17, 15) is 0 Å². The molecule has 2 heteroatoms. The Balaban J connectivity index is 4.65. The van der Waals surface area contributed by atoms with Crippen LogP contribution >= 0.6 is 20.8 Å². The van der Waals surface area contributed by atoms with Gasteiger partial charge in [0.2, 0.25) is 0 Å². The van der Waals surface area contributed by atoms with Gasteiger partial charge < -0.3 is 0 Å². The molecule has 0 spiro atoms. The maximum absolute atomic E-state index is 4.59. The van der Waals surface area contributed by atoms with Crippen LogP contribution in [0.4, 0.5) is 0 Å². The molecule has 0 fully saturated rings. The molecule has 0 bridgehead atoms. The number of hydrogen-bond donors (Lipinski definition) is 0. The van der Waals surface area contributed by atoms with Gasteiger partial charge in [0.15, 0.2) is 0 Å². The molecule has 0 aromatic carbocycles. The van der Waals surface area contributed by atoms with Gasteiger partial charge in [-0.15, -0.1) is 0 Å². The summed E-state index contributed by atoms with van der Waals surface area (Å²) in [4.78, 5) is 0. The second-order valence-electron chi connectivity index (χ2n) is 8.96. The zero-order chi connectivity index (χ0) is 19.6. The molecule has 0 rings (SSSR count). The fraction of sp³-hybridized carbons (Fsp3) is 1.00. The second kappa shape index (κ2) is 16.8. The van der Waals surface area contributed by atoms with Crippen LogP contribution in [0.1, 0.15) is 130 Å². The summed E-state index contributed by atoms with van der Waals surface area (Å²) in [5, 5.41) is -1.65. The van der Waals surface area contributed by atoms with Gasteiger partial charge in [0.25, 0.3) is 0 Å². The minimum absolute atomic E-state index is 1.36. The fourth-order valence-corrected chi connectivity index (χ4v) is 12.9. The van der Waals surface area contributed by atoms with Gasteiger partial charge in [-0.25, -0.2) is 0 Å². The Labute approximate surface area is 175 Å². The van der Waals surface area contributed by atoms with Crippen molar-refractivity contribution in [3.63, 3.8) is 0 Å². The number of halogens is 1. The molecule has 0 radical (unpaired) electrons. The first kappa shape index (κ1) is 26.9. The first-order valence-corrected chi connectivity index (χ1v) is 17.3. The van der Waals surface area contributed by atoms with Crippen molar-refractivity contribution in [2.75, 3.05) is 24.6 Å². The molecule has 0 N–H and O–H groups in total. The molecule has 0 saturated carbocycles. The summed E-state index contributed by atoms with van der Waals surface area (Å²) in [7, 11) is 0. The summed E-state index contributed by atoms with van der Waals surface area (Å²) >= 11 is 4.59. The van der Waals surface area contributed by atoms with E-state index in [1.54, 1.807) is 0 Å². The van der Waals surface area contributed by atoms with Crippen molar-refractivity contribution in [3.05, 3.63) is 0 Å². The summed E-state index contributed by atoms with van der Waals surface area (Å²) in [6, 6.07) is 0. The van der Waals surface area contributed by atoms with Crippen LogP contribution in [0, 0.1) is 0 Å². The molecule has 0 aromatic rings. The maximum atomic E-state index is 4.59. The molecular weight excluding hydrogens is 399 g/mol. The molecule has 0 atom stereocenters. The van der Waals surface area contributed by atoms with Gasteiger partial charge in [0.05, 0.1) is 0 Å². The van der Waals surface area contributed by atoms with Crippen LogP contribution in [0.2, 0.25) is 0 Å². The number of rotatable bonds is 20. The predicted molar refractivity (Wildman–Crippen MR) is 132 cm³/mol. The van der Waals surface area contributed by atoms with Crippen LogP contribution in [0.5, 0.6) is 0 Å². The van der Waals surface area contributed by atoms with Gasteiger partial charge in [-0.1, -0.05) is 0 Å². The first-order chi connectivity index (χ1) is 12.5. The summed E-state index contributed by atoms with van der Waals surface area (Å²) < 4.78 is 0. The van der Waals surface area contributed by atoms with Crippen molar-refractivity contribution in [1.29, 1.82) is 0 Å². The van der Waals surface area contributed by atoms with E-state index in [-0.39, 0.29) is 0 Å². The van der Waals surface area contributed by atoms with E-state index < -0.39 is 5.31 Å². The standard InChI is InChI=1S/C24H52BrP/c1-5-9-13-15-17-19-23-26(25,21-11-7-3,22-12-8-4)24-20-18-16-14-10-6-2/h5-24H2,1-4H3. The average Bonchev–Trinajstić information content (AvgIpc) is 2.65. The summed E-state index contributed by atoms with van der Waals surface area (Å²) in [6.45, 7) is 9.40. The predicted octanol–water partition coefficient (Wildman–Crippen LogP) is 10.2. The van der Waals surface area contributed by atoms with Crippen molar-refractivity contribution in [3.8, 4) is 0 Å². The van der Waals surface area contributed by atoms with Crippen molar-refractivity contribution >= 4 is 20.8 Å². The molecule has 0 saturated heterocycles. The molecule has 0 aliphatic heterocycles. The molecule has 0 unspecified atom stereocenters. The van der Waals surface area contributed by atoms with Gasteiger partial charge in [-0.3, -0.25) is 0 Å². The van der Waals surface area contributed by atoms with Gasteiger partial charge in [-0.05, 0) is 0 Å². The van der Waals surface area contributed by atoms with Crippen molar-refractivity contribution in [2.24, 2.45) is 0 Å². The number of unbranched alkanes of at least 4 members (excludes halogenated alkanes) is 12. The molecular formula is C24H52BrP. The van der Waals surface area contributed by atoms with Gasteiger partial charge in [-0.2, -0.15) is 0 Å². The Hall–Kier alpha value is 0.910. The first-order valence-electron chi connectivity index (χ1n) is 12.3. The molecule has 0 nitrogen and oxygen atoms in total. The third-order valence-corrected chi connectivity index (χ3v) is 16.3. The number of hydrogen-bond acceptors (Lipinski definition) is 0. The molecule has 0 heterocycles. The van der Waals surface area contributed by atoms with Crippen LogP contribution in [0.15, 0.2) is 0 Å². The van der Waals surface area contributed by atoms with Gasteiger partial charge >= 0.3 is 176 Å². The Kier molecular flexibility index (Phi) is 17.4. The van der Waals surface area contributed by atoms with E-state index in [2.05, 4.69) is 43.2 Å². The summed E-state index contributed by atoms with van der Waals surface area (Å²) in [6.07, 6.45) is 29.1. The zero-order valence-electron chi connectivity index (χ0n) is 19.0. The van der Waals surface area contributed by atoms with Crippen molar-refractivity contribution in [2.45, 2.75) is 130 Å². The van der Waals surface area contributed by atoms with Gasteiger partial charge in [0.1, 0.15) is 0 Å². The van der Waals surface area contributed by atoms with Crippen molar-refractivity contribution in [1.82, 2.24) is 0 Å². The van der Waals surface area contributed by atoms with Crippen LogP contribution in [0.25, 0.3) is 0 Å². The normalized spacial score (nSPS) is 13.7. The third kappa shape index (κ3) is 13.1. The van der Waals surface area contributed by atoms with E-state index in [0.717, 1.165) is 0 Å². The molecule has 0 aliphatic rings. The summed E-state index contributed by atoms with van der Waals surface area (Å²) in [5.41, 5.74) is 0. The van der Waals surface area contributed by atoms with E-state index >= 15 is 0 Å². The molecule has 160 valence electrons. The van der Waals surface area contributed by atoms with E-state index in [1.165, 1.54) is 127 Å². The monoisotopic (exact) mass is 450 g/mol. The van der Waals surface area contributed by atoms with E-state index in [0.29, 0.717) is 0 Å². The molecule has 0 amide bonds. The van der Waals surface area contributed by atoms with E-state index in [4.69, 9.17) is 0 Å². The molecule has 0 aliphatic carbocycles. The van der Waals surface area contributed by atoms with Crippen LogP contribution < -0.4 is 0 Å². The Bertz CT molecular complexity index is 275. The SMILES string of the molecule is CCCCCCCCP(Br)(CCCC)(CCCC)CCCCCCCC. The summed E-state index contributed by atoms with van der Waals surface area (Å²) in [5.74, 6) is 0. The third-order valence-electron chi connectivity index (χ3n) is 6.28. The van der Waals surface area contributed by atoms with Crippen molar-refractivity contribution < 1.29 is 0 Å². The Morgan fingerprint density at radius 3 is 1.00 bits per heavy atom. The molecule has 26 heavy (non-hydrogen) atoms. The zero-order valence-corrected chi connectivity index (χ0v) is 21.4. The second-order valence-corrected chi connectivity index (χ2v) is 20.4. The Morgan fingerprint density at radius 1 is 0.385 bits per heavy atom. The van der Waals surface area contributed by atoms with Crippen LogP contribution in [-0.2, 0) is 0 Å². The minimum atomic E-state index is -1.65. The quantitative estimate of drug-likeness (QED) is 0.128.